The van der Waals surface area contributed by atoms with Crippen molar-refractivity contribution in [1.29, 1.82) is 0 Å². The molecule has 3 rings (SSSR count). The number of hydrogen-bond donors (Lipinski definition) is 1. The molecule has 0 radical (unpaired) electrons. The number of fused-ring (bicyclic) bond motifs is 1. The van der Waals surface area contributed by atoms with Crippen LogP contribution in [0.3, 0.4) is 0 Å². The van der Waals surface area contributed by atoms with Crippen LogP contribution < -0.4 is 10.1 Å². The topological polar surface area (TPSA) is 38.3 Å². The van der Waals surface area contributed by atoms with Gasteiger partial charge in [-0.05, 0) is 68.0 Å². The first-order valence-corrected chi connectivity index (χ1v) is 9.08. The Balaban J connectivity index is 1.74. The molecule has 0 fully saturated rings. The van der Waals surface area contributed by atoms with Crippen LogP contribution >= 0.6 is 11.6 Å². The minimum Gasteiger partial charge on any atom is -0.481 e. The predicted molar refractivity (Wildman–Crippen MR) is 98.3 cm³/mol. The first kappa shape index (κ1) is 19.5. The van der Waals surface area contributed by atoms with E-state index < -0.39 is 23.8 Å². The van der Waals surface area contributed by atoms with Gasteiger partial charge in [0.2, 0.25) is 0 Å². The molecule has 0 unspecified atom stereocenters. The quantitative estimate of drug-likeness (QED) is 0.724. The van der Waals surface area contributed by atoms with Crippen LogP contribution in [0, 0.1) is 0 Å². The van der Waals surface area contributed by atoms with Gasteiger partial charge >= 0.3 is 6.18 Å². The summed E-state index contributed by atoms with van der Waals surface area (Å²) in [6, 6.07) is 8.54. The van der Waals surface area contributed by atoms with Crippen molar-refractivity contribution in [3.8, 4) is 5.75 Å². The molecule has 144 valence electrons. The van der Waals surface area contributed by atoms with E-state index in [1.807, 2.05) is 12.1 Å². The summed E-state index contributed by atoms with van der Waals surface area (Å²) in [4.78, 5) is 12.4. The van der Waals surface area contributed by atoms with E-state index in [-0.39, 0.29) is 10.7 Å². The fraction of sp³-hybridized carbons (Fsp3) is 0.350. The molecule has 7 heteroatoms. The third kappa shape index (κ3) is 4.56. The largest absolute Gasteiger partial charge is 0.481 e. The Labute approximate surface area is 160 Å². The summed E-state index contributed by atoms with van der Waals surface area (Å²) in [6.07, 6.45) is -1.35. The lowest BCUT2D eigenvalue weighted by Crippen LogP contribution is -2.30. The number of alkyl halides is 3. The highest BCUT2D eigenvalue weighted by atomic mass is 35.5. The third-order valence-electron chi connectivity index (χ3n) is 4.58. The van der Waals surface area contributed by atoms with Crippen LogP contribution in [0.15, 0.2) is 36.4 Å². The number of aryl methyl sites for hydroxylation is 1. The van der Waals surface area contributed by atoms with Crippen LogP contribution in [0.25, 0.3) is 0 Å². The van der Waals surface area contributed by atoms with Gasteiger partial charge in [-0.15, -0.1) is 0 Å². The zero-order valence-corrected chi connectivity index (χ0v) is 15.5. The lowest BCUT2D eigenvalue weighted by atomic mass is 9.91. The molecular formula is C20H19ClF3NO2. The Morgan fingerprint density at radius 3 is 2.67 bits per heavy atom. The van der Waals surface area contributed by atoms with Gasteiger partial charge in [0.15, 0.2) is 6.10 Å². The van der Waals surface area contributed by atoms with Gasteiger partial charge in [0, 0.05) is 0 Å². The molecule has 1 amide bonds. The van der Waals surface area contributed by atoms with E-state index in [4.69, 9.17) is 16.3 Å². The van der Waals surface area contributed by atoms with Crippen molar-refractivity contribution < 1.29 is 22.7 Å². The molecule has 0 aromatic heterocycles. The monoisotopic (exact) mass is 397 g/mol. The number of nitrogens with one attached hydrogen (secondary N) is 1. The van der Waals surface area contributed by atoms with Crippen molar-refractivity contribution in [2.45, 2.75) is 44.9 Å². The van der Waals surface area contributed by atoms with Gasteiger partial charge in [-0.2, -0.15) is 13.2 Å². The van der Waals surface area contributed by atoms with Crippen molar-refractivity contribution in [2.75, 3.05) is 5.32 Å². The van der Waals surface area contributed by atoms with E-state index in [1.54, 1.807) is 6.92 Å². The average Bonchev–Trinajstić information content (AvgIpc) is 2.62. The van der Waals surface area contributed by atoms with Gasteiger partial charge in [0.1, 0.15) is 5.75 Å². The van der Waals surface area contributed by atoms with Gasteiger partial charge in [-0.1, -0.05) is 23.7 Å². The SMILES string of the molecule is C[C@H](Oc1cccc2c1CCCC2)C(=O)Nc1cc(C(F)(F)F)ccc1Cl. The maximum Gasteiger partial charge on any atom is 0.416 e. The number of ether oxygens (including phenoxy) is 1. The van der Waals surface area contributed by atoms with E-state index >= 15 is 0 Å². The zero-order valence-electron chi connectivity index (χ0n) is 14.7. The number of amides is 1. The summed E-state index contributed by atoms with van der Waals surface area (Å²) >= 11 is 5.93. The van der Waals surface area contributed by atoms with E-state index in [0.29, 0.717) is 5.75 Å². The first-order valence-electron chi connectivity index (χ1n) is 8.71. The second kappa shape index (κ2) is 7.80. The lowest BCUT2D eigenvalue weighted by Gasteiger charge is -2.22. The number of hydrogen-bond acceptors (Lipinski definition) is 2. The molecule has 0 heterocycles. The Morgan fingerprint density at radius 2 is 1.93 bits per heavy atom. The van der Waals surface area contributed by atoms with Gasteiger partial charge in [0.05, 0.1) is 16.3 Å². The molecule has 3 nitrogen and oxygen atoms in total. The smallest absolute Gasteiger partial charge is 0.416 e. The second-order valence-electron chi connectivity index (χ2n) is 6.54. The highest BCUT2D eigenvalue weighted by molar-refractivity contribution is 6.33. The van der Waals surface area contributed by atoms with Crippen LogP contribution in [0.4, 0.5) is 18.9 Å². The molecule has 1 aliphatic carbocycles. The molecule has 2 aromatic rings. The van der Waals surface area contributed by atoms with Gasteiger partial charge in [-0.25, -0.2) is 0 Å². The summed E-state index contributed by atoms with van der Waals surface area (Å²) < 4.78 is 44.4. The standard InChI is InChI=1S/C20H19ClF3NO2/c1-12(27-18-8-4-6-13-5-2-3-7-15(13)18)19(26)25-17-11-14(20(22,23)24)9-10-16(17)21/h4,6,8-12H,2-3,5,7H2,1H3,(H,25,26)/t12-/m0/s1. The molecule has 0 aliphatic heterocycles. The highest BCUT2D eigenvalue weighted by Gasteiger charge is 2.31. The van der Waals surface area contributed by atoms with Crippen molar-refractivity contribution in [1.82, 2.24) is 0 Å². The number of benzene rings is 2. The van der Waals surface area contributed by atoms with Crippen molar-refractivity contribution in [2.24, 2.45) is 0 Å². The fourth-order valence-electron chi connectivity index (χ4n) is 3.13. The van der Waals surface area contributed by atoms with Crippen LogP contribution in [0.5, 0.6) is 5.75 Å². The van der Waals surface area contributed by atoms with Crippen molar-refractivity contribution in [3.63, 3.8) is 0 Å². The Hall–Kier alpha value is -2.21. The molecule has 1 aliphatic rings. The van der Waals surface area contributed by atoms with Gasteiger partial charge < -0.3 is 10.1 Å². The molecule has 1 atom stereocenters. The average molecular weight is 398 g/mol. The minimum atomic E-state index is -4.52. The maximum atomic E-state index is 12.9. The normalized spacial score (nSPS) is 15.0. The van der Waals surface area contributed by atoms with E-state index in [1.165, 1.54) is 5.56 Å². The minimum absolute atomic E-state index is 0.0284. The molecule has 2 aromatic carbocycles. The van der Waals surface area contributed by atoms with Gasteiger partial charge in [-0.3, -0.25) is 4.79 Å². The van der Waals surface area contributed by atoms with Crippen LogP contribution in [0.1, 0.15) is 36.5 Å². The van der Waals surface area contributed by atoms with E-state index in [9.17, 15) is 18.0 Å². The number of anilines is 1. The summed E-state index contributed by atoms with van der Waals surface area (Å²) in [5.74, 6) is 0.0784. The molecule has 0 saturated heterocycles. The number of halogens is 4. The maximum absolute atomic E-state index is 12.9. The molecule has 0 spiro atoms. The predicted octanol–water partition coefficient (Wildman–Crippen LogP) is 5.64. The van der Waals surface area contributed by atoms with Crippen LogP contribution in [0.2, 0.25) is 5.02 Å². The molecule has 27 heavy (non-hydrogen) atoms. The number of carbonyl (C=O) groups is 1. The molecule has 0 bridgehead atoms. The molecular weight excluding hydrogens is 379 g/mol. The number of carbonyl (C=O) groups excluding carboxylic acids is 1. The highest BCUT2D eigenvalue weighted by Crippen LogP contribution is 2.34. The Morgan fingerprint density at radius 1 is 1.19 bits per heavy atom. The summed E-state index contributed by atoms with van der Waals surface area (Å²) in [7, 11) is 0. The molecule has 0 saturated carbocycles. The summed E-state index contributed by atoms with van der Waals surface area (Å²) in [5, 5.41) is 2.46. The van der Waals surface area contributed by atoms with Crippen LogP contribution in [-0.4, -0.2) is 12.0 Å². The number of rotatable bonds is 4. The Bertz CT molecular complexity index is 852. The summed E-state index contributed by atoms with van der Waals surface area (Å²) in [6.45, 7) is 1.55. The van der Waals surface area contributed by atoms with Crippen molar-refractivity contribution in [3.05, 3.63) is 58.1 Å². The van der Waals surface area contributed by atoms with E-state index in [2.05, 4.69) is 11.4 Å². The second-order valence-corrected chi connectivity index (χ2v) is 6.95. The van der Waals surface area contributed by atoms with Crippen molar-refractivity contribution >= 4 is 23.2 Å². The zero-order chi connectivity index (χ0) is 19.6. The Kier molecular flexibility index (Phi) is 5.65. The van der Waals surface area contributed by atoms with Crippen LogP contribution in [-0.2, 0) is 23.8 Å². The fourth-order valence-corrected chi connectivity index (χ4v) is 3.30. The first-order chi connectivity index (χ1) is 12.8. The van der Waals surface area contributed by atoms with Gasteiger partial charge in [0.25, 0.3) is 5.91 Å². The van der Waals surface area contributed by atoms with E-state index in [0.717, 1.165) is 49.4 Å². The summed E-state index contributed by atoms with van der Waals surface area (Å²) in [5.41, 5.74) is 1.34. The third-order valence-corrected chi connectivity index (χ3v) is 4.91. The lowest BCUT2D eigenvalue weighted by molar-refractivity contribution is -0.137. The molecule has 1 N–H and O–H groups in total.